The van der Waals surface area contributed by atoms with Crippen LogP contribution in [-0.4, -0.2) is 12.5 Å². The summed E-state index contributed by atoms with van der Waals surface area (Å²) in [6.45, 7) is 4.87. The number of hydrogen-bond acceptors (Lipinski definition) is 2. The molecule has 1 amide bonds. The van der Waals surface area contributed by atoms with Crippen LogP contribution in [0.1, 0.15) is 35.3 Å². The Labute approximate surface area is 130 Å². The lowest BCUT2D eigenvalue weighted by atomic mass is 9.96. The minimum atomic E-state index is -0.0304. The zero-order chi connectivity index (χ0) is 15.1. The molecular formula is C18H21NOS. The Morgan fingerprint density at radius 3 is 2.67 bits per heavy atom. The molecule has 1 unspecified atom stereocenters. The molecule has 0 saturated carbocycles. The van der Waals surface area contributed by atoms with E-state index in [1.807, 2.05) is 29.7 Å². The van der Waals surface area contributed by atoms with Crippen LogP contribution in [0, 0.1) is 6.92 Å². The molecule has 3 heteroatoms. The van der Waals surface area contributed by atoms with Crippen molar-refractivity contribution in [2.75, 3.05) is 6.54 Å². The molecule has 2 nitrogen and oxygen atoms in total. The topological polar surface area (TPSA) is 29.1 Å². The van der Waals surface area contributed by atoms with E-state index in [-0.39, 0.29) is 5.91 Å². The van der Waals surface area contributed by atoms with Gasteiger partial charge in [-0.15, -0.1) is 11.3 Å². The number of thiophene rings is 1. The fourth-order valence-corrected chi connectivity index (χ4v) is 3.03. The van der Waals surface area contributed by atoms with Gasteiger partial charge < -0.3 is 5.32 Å². The molecule has 0 radical (unpaired) electrons. The third-order valence-electron chi connectivity index (χ3n) is 3.57. The van der Waals surface area contributed by atoms with Gasteiger partial charge in [-0.1, -0.05) is 37.3 Å². The first-order valence-electron chi connectivity index (χ1n) is 7.25. The van der Waals surface area contributed by atoms with E-state index in [1.165, 1.54) is 11.1 Å². The smallest absolute Gasteiger partial charge is 0.244 e. The summed E-state index contributed by atoms with van der Waals surface area (Å²) in [5, 5.41) is 5.03. The maximum atomic E-state index is 11.9. The van der Waals surface area contributed by atoms with Crippen molar-refractivity contribution in [1.82, 2.24) is 5.32 Å². The highest BCUT2D eigenvalue weighted by Gasteiger charge is 2.09. The van der Waals surface area contributed by atoms with E-state index >= 15 is 0 Å². The highest BCUT2D eigenvalue weighted by atomic mass is 32.1. The van der Waals surface area contributed by atoms with Crippen molar-refractivity contribution in [3.05, 3.63) is 63.9 Å². The summed E-state index contributed by atoms with van der Waals surface area (Å²) in [5.41, 5.74) is 2.48. The van der Waals surface area contributed by atoms with Crippen LogP contribution in [0.4, 0.5) is 0 Å². The second kappa shape index (κ2) is 7.79. The molecule has 1 heterocycles. The van der Waals surface area contributed by atoms with Crippen LogP contribution in [0.25, 0.3) is 6.08 Å². The van der Waals surface area contributed by atoms with Crippen LogP contribution in [0.5, 0.6) is 0 Å². The van der Waals surface area contributed by atoms with Crippen molar-refractivity contribution in [2.45, 2.75) is 26.2 Å². The lowest BCUT2D eigenvalue weighted by molar-refractivity contribution is -0.116. The standard InChI is InChI=1S/C18H21NOS/c1-3-15(16-7-5-4-6-8-16)13-19-18(20)10-9-17-14(2)11-12-21-17/h4-12,15H,3,13H2,1-2H3,(H,19,20). The summed E-state index contributed by atoms with van der Waals surface area (Å²) < 4.78 is 0. The molecule has 21 heavy (non-hydrogen) atoms. The van der Waals surface area contributed by atoms with Gasteiger partial charge >= 0.3 is 0 Å². The second-order valence-electron chi connectivity index (χ2n) is 5.06. The van der Waals surface area contributed by atoms with Gasteiger partial charge in [-0.2, -0.15) is 0 Å². The molecule has 0 aliphatic rings. The van der Waals surface area contributed by atoms with Crippen molar-refractivity contribution >= 4 is 23.3 Å². The zero-order valence-electron chi connectivity index (χ0n) is 12.5. The Hall–Kier alpha value is -1.87. The molecular weight excluding hydrogens is 278 g/mol. The molecule has 1 aromatic carbocycles. The van der Waals surface area contributed by atoms with Crippen molar-refractivity contribution in [1.29, 1.82) is 0 Å². The van der Waals surface area contributed by atoms with Gasteiger partial charge in [0.2, 0.25) is 5.91 Å². The maximum Gasteiger partial charge on any atom is 0.244 e. The molecule has 0 fully saturated rings. The van der Waals surface area contributed by atoms with E-state index in [0.717, 1.165) is 11.3 Å². The predicted octanol–water partition coefficient (Wildman–Crippen LogP) is 4.38. The Kier molecular flexibility index (Phi) is 5.76. The first kappa shape index (κ1) is 15.5. The Morgan fingerprint density at radius 1 is 1.29 bits per heavy atom. The average molecular weight is 299 g/mol. The van der Waals surface area contributed by atoms with Gasteiger partial charge in [0.1, 0.15) is 0 Å². The second-order valence-corrected chi connectivity index (χ2v) is 6.01. The van der Waals surface area contributed by atoms with Crippen LogP contribution in [-0.2, 0) is 4.79 Å². The first-order valence-corrected chi connectivity index (χ1v) is 8.13. The van der Waals surface area contributed by atoms with Gasteiger partial charge in [0.05, 0.1) is 0 Å². The Morgan fingerprint density at radius 2 is 2.05 bits per heavy atom. The molecule has 1 N–H and O–H groups in total. The lowest BCUT2D eigenvalue weighted by Crippen LogP contribution is -2.26. The van der Waals surface area contributed by atoms with E-state index in [0.29, 0.717) is 12.5 Å². The SMILES string of the molecule is CCC(CNC(=O)C=Cc1sccc1C)c1ccccc1. The summed E-state index contributed by atoms with van der Waals surface area (Å²) in [5.74, 6) is 0.337. The zero-order valence-corrected chi connectivity index (χ0v) is 13.3. The number of carbonyl (C=O) groups excluding carboxylic acids is 1. The summed E-state index contributed by atoms with van der Waals surface area (Å²) in [6, 6.07) is 12.4. The fourth-order valence-electron chi connectivity index (χ4n) is 2.21. The minimum Gasteiger partial charge on any atom is -0.352 e. The van der Waals surface area contributed by atoms with Crippen LogP contribution in [0.3, 0.4) is 0 Å². The highest BCUT2D eigenvalue weighted by molar-refractivity contribution is 7.11. The third-order valence-corrected chi connectivity index (χ3v) is 4.56. The molecule has 1 atom stereocenters. The Balaban J connectivity index is 1.88. The summed E-state index contributed by atoms with van der Waals surface area (Å²) >= 11 is 1.65. The number of hydrogen-bond donors (Lipinski definition) is 1. The summed E-state index contributed by atoms with van der Waals surface area (Å²) in [7, 11) is 0. The van der Waals surface area contributed by atoms with Gasteiger partial charge in [-0.05, 0) is 42.0 Å². The maximum absolute atomic E-state index is 11.9. The van der Waals surface area contributed by atoms with Crippen LogP contribution >= 0.6 is 11.3 Å². The molecule has 2 aromatic rings. The molecule has 0 saturated heterocycles. The number of carbonyl (C=O) groups is 1. The summed E-state index contributed by atoms with van der Waals surface area (Å²) in [4.78, 5) is 13.0. The van der Waals surface area contributed by atoms with E-state index in [4.69, 9.17) is 0 Å². The van der Waals surface area contributed by atoms with Crippen LogP contribution < -0.4 is 5.32 Å². The summed E-state index contributed by atoms with van der Waals surface area (Å²) in [6.07, 6.45) is 4.52. The molecule has 0 bridgehead atoms. The van der Waals surface area contributed by atoms with E-state index in [9.17, 15) is 4.79 Å². The van der Waals surface area contributed by atoms with Gasteiger partial charge in [0, 0.05) is 23.4 Å². The van der Waals surface area contributed by atoms with E-state index < -0.39 is 0 Å². The minimum absolute atomic E-state index is 0.0304. The predicted molar refractivity (Wildman–Crippen MR) is 90.6 cm³/mol. The van der Waals surface area contributed by atoms with E-state index in [2.05, 4.69) is 37.4 Å². The fraction of sp³-hybridized carbons (Fsp3) is 0.278. The van der Waals surface area contributed by atoms with Gasteiger partial charge in [-0.3, -0.25) is 4.79 Å². The van der Waals surface area contributed by atoms with Crippen molar-refractivity contribution in [2.24, 2.45) is 0 Å². The third kappa shape index (κ3) is 4.57. The number of aryl methyl sites for hydroxylation is 1. The number of benzene rings is 1. The van der Waals surface area contributed by atoms with Gasteiger partial charge in [0.15, 0.2) is 0 Å². The molecule has 1 aromatic heterocycles. The molecule has 0 aliphatic carbocycles. The van der Waals surface area contributed by atoms with E-state index in [1.54, 1.807) is 17.4 Å². The largest absolute Gasteiger partial charge is 0.352 e. The normalized spacial score (nSPS) is 12.5. The van der Waals surface area contributed by atoms with Gasteiger partial charge in [0.25, 0.3) is 0 Å². The number of rotatable bonds is 6. The van der Waals surface area contributed by atoms with Crippen LogP contribution in [0.15, 0.2) is 47.9 Å². The number of amides is 1. The first-order chi connectivity index (χ1) is 10.2. The van der Waals surface area contributed by atoms with Crippen molar-refractivity contribution in [3.63, 3.8) is 0 Å². The monoisotopic (exact) mass is 299 g/mol. The van der Waals surface area contributed by atoms with Crippen molar-refractivity contribution in [3.8, 4) is 0 Å². The average Bonchev–Trinajstić information content (AvgIpc) is 2.92. The quantitative estimate of drug-likeness (QED) is 0.788. The molecule has 110 valence electrons. The number of nitrogens with one attached hydrogen (secondary N) is 1. The molecule has 0 aliphatic heterocycles. The molecule has 0 spiro atoms. The Bertz CT molecular complexity index is 601. The van der Waals surface area contributed by atoms with Crippen LogP contribution in [0.2, 0.25) is 0 Å². The molecule has 2 rings (SSSR count). The lowest BCUT2D eigenvalue weighted by Gasteiger charge is -2.15. The van der Waals surface area contributed by atoms with Gasteiger partial charge in [-0.25, -0.2) is 0 Å². The van der Waals surface area contributed by atoms with Crippen molar-refractivity contribution < 1.29 is 4.79 Å². The highest BCUT2D eigenvalue weighted by Crippen LogP contribution is 2.18.